The summed E-state index contributed by atoms with van der Waals surface area (Å²) in [5, 5.41) is 0. The number of likely N-dealkylation sites (tertiary alicyclic amines) is 1. The number of rotatable bonds is 3. The summed E-state index contributed by atoms with van der Waals surface area (Å²) >= 11 is 0. The SMILES string of the molecule is CC1Oc2ccccc2OC1C(=O)N1CC(N2CCN(c3ncccn3)CC2)C1. The van der Waals surface area contributed by atoms with Gasteiger partial charge in [0, 0.05) is 57.7 Å². The first-order chi connectivity index (χ1) is 14.2. The van der Waals surface area contributed by atoms with Crippen LogP contribution >= 0.6 is 0 Å². The number of aromatic nitrogens is 2. The molecule has 8 nitrogen and oxygen atoms in total. The number of anilines is 1. The van der Waals surface area contributed by atoms with Crippen molar-refractivity contribution in [3.63, 3.8) is 0 Å². The van der Waals surface area contributed by atoms with Crippen LogP contribution in [0, 0.1) is 0 Å². The Labute approximate surface area is 170 Å². The highest BCUT2D eigenvalue weighted by Gasteiger charge is 2.43. The number of para-hydroxylation sites is 2. The summed E-state index contributed by atoms with van der Waals surface area (Å²) in [6.07, 6.45) is 2.67. The van der Waals surface area contributed by atoms with Crippen molar-refractivity contribution in [1.29, 1.82) is 0 Å². The maximum atomic E-state index is 12.9. The fourth-order valence-electron chi connectivity index (χ4n) is 4.18. The van der Waals surface area contributed by atoms with Gasteiger partial charge in [-0.1, -0.05) is 12.1 Å². The van der Waals surface area contributed by atoms with E-state index in [1.165, 1.54) is 0 Å². The van der Waals surface area contributed by atoms with E-state index in [0.717, 1.165) is 45.2 Å². The highest BCUT2D eigenvalue weighted by molar-refractivity contribution is 5.83. The number of benzene rings is 1. The number of fused-ring (bicyclic) bond motifs is 1. The van der Waals surface area contributed by atoms with E-state index in [9.17, 15) is 4.79 Å². The van der Waals surface area contributed by atoms with Gasteiger partial charge in [0.05, 0.1) is 0 Å². The van der Waals surface area contributed by atoms with E-state index in [2.05, 4.69) is 19.8 Å². The standard InChI is InChI=1S/C21H25N5O3/c1-15-19(29-18-6-3-2-5-17(18)28-15)20(27)26-13-16(14-26)24-9-11-25(12-10-24)21-22-7-4-8-23-21/h2-8,15-16,19H,9-14H2,1H3. The fraction of sp³-hybridized carbons (Fsp3) is 0.476. The summed E-state index contributed by atoms with van der Waals surface area (Å²) in [7, 11) is 0. The minimum atomic E-state index is -0.585. The van der Waals surface area contributed by atoms with Gasteiger partial charge in [0.25, 0.3) is 5.91 Å². The second-order valence-corrected chi connectivity index (χ2v) is 7.78. The molecule has 8 heteroatoms. The number of carbonyl (C=O) groups is 1. The maximum Gasteiger partial charge on any atom is 0.267 e. The monoisotopic (exact) mass is 395 g/mol. The molecule has 29 heavy (non-hydrogen) atoms. The lowest BCUT2D eigenvalue weighted by Gasteiger charge is -2.49. The summed E-state index contributed by atoms with van der Waals surface area (Å²) in [5.74, 6) is 2.15. The lowest BCUT2D eigenvalue weighted by molar-refractivity contribution is -0.152. The molecule has 1 aromatic heterocycles. The third kappa shape index (κ3) is 3.48. The normalized spacial score (nSPS) is 24.9. The second-order valence-electron chi connectivity index (χ2n) is 7.78. The van der Waals surface area contributed by atoms with Crippen LogP contribution in [0.15, 0.2) is 42.7 Å². The zero-order valence-electron chi connectivity index (χ0n) is 16.5. The Balaban J connectivity index is 1.13. The molecule has 4 heterocycles. The van der Waals surface area contributed by atoms with Gasteiger partial charge in [-0.15, -0.1) is 0 Å². The molecule has 0 aliphatic carbocycles. The highest BCUT2D eigenvalue weighted by atomic mass is 16.6. The van der Waals surface area contributed by atoms with Gasteiger partial charge in [-0.05, 0) is 25.1 Å². The first-order valence-corrected chi connectivity index (χ1v) is 10.2. The second kappa shape index (κ2) is 7.51. The van der Waals surface area contributed by atoms with Crippen molar-refractivity contribution in [1.82, 2.24) is 19.8 Å². The molecule has 3 aliphatic heterocycles. The van der Waals surface area contributed by atoms with Crippen LogP contribution in [0.3, 0.4) is 0 Å². The molecule has 2 atom stereocenters. The van der Waals surface area contributed by atoms with Crippen LogP contribution in [0.2, 0.25) is 0 Å². The molecule has 0 saturated carbocycles. The summed E-state index contributed by atoms with van der Waals surface area (Å²) < 4.78 is 11.8. The van der Waals surface area contributed by atoms with Crippen molar-refractivity contribution in [3.05, 3.63) is 42.7 Å². The van der Waals surface area contributed by atoms with E-state index < -0.39 is 6.10 Å². The predicted molar refractivity (Wildman–Crippen MR) is 107 cm³/mol. The van der Waals surface area contributed by atoms with Gasteiger partial charge in [-0.2, -0.15) is 0 Å². The zero-order valence-corrected chi connectivity index (χ0v) is 16.5. The molecule has 0 spiro atoms. The van der Waals surface area contributed by atoms with Crippen molar-refractivity contribution in [2.45, 2.75) is 25.2 Å². The van der Waals surface area contributed by atoms with Crippen LogP contribution in [0.1, 0.15) is 6.92 Å². The van der Waals surface area contributed by atoms with Crippen LogP contribution in [0.5, 0.6) is 11.5 Å². The largest absolute Gasteiger partial charge is 0.482 e. The van der Waals surface area contributed by atoms with Gasteiger partial charge < -0.3 is 19.3 Å². The zero-order chi connectivity index (χ0) is 19.8. The van der Waals surface area contributed by atoms with Gasteiger partial charge in [-0.25, -0.2) is 9.97 Å². The number of ether oxygens (including phenoxy) is 2. The number of nitrogens with zero attached hydrogens (tertiary/aromatic N) is 5. The van der Waals surface area contributed by atoms with Crippen molar-refractivity contribution in [2.75, 3.05) is 44.2 Å². The van der Waals surface area contributed by atoms with Crippen molar-refractivity contribution in [3.8, 4) is 11.5 Å². The topological polar surface area (TPSA) is 71.0 Å². The van der Waals surface area contributed by atoms with Gasteiger partial charge >= 0.3 is 0 Å². The van der Waals surface area contributed by atoms with Crippen LogP contribution in [-0.4, -0.2) is 83.2 Å². The Hall–Kier alpha value is -2.87. The van der Waals surface area contributed by atoms with Gasteiger partial charge in [0.1, 0.15) is 6.10 Å². The van der Waals surface area contributed by atoms with E-state index in [1.54, 1.807) is 12.4 Å². The summed E-state index contributed by atoms with van der Waals surface area (Å²) in [6, 6.07) is 9.74. The quantitative estimate of drug-likeness (QED) is 0.769. The van der Waals surface area contributed by atoms with Gasteiger partial charge in [-0.3, -0.25) is 9.69 Å². The third-order valence-electron chi connectivity index (χ3n) is 5.93. The summed E-state index contributed by atoms with van der Waals surface area (Å²) in [5.41, 5.74) is 0. The molecule has 152 valence electrons. The van der Waals surface area contributed by atoms with Gasteiger partial charge in [0.15, 0.2) is 11.5 Å². The number of hydrogen-bond donors (Lipinski definition) is 0. The minimum absolute atomic E-state index is 0.0135. The summed E-state index contributed by atoms with van der Waals surface area (Å²) in [6.45, 7) is 7.10. The predicted octanol–water partition coefficient (Wildman–Crippen LogP) is 1.04. The fourth-order valence-corrected chi connectivity index (χ4v) is 4.18. The van der Waals surface area contributed by atoms with E-state index in [1.807, 2.05) is 42.2 Å². The first kappa shape index (κ1) is 18.2. The van der Waals surface area contributed by atoms with Crippen LogP contribution < -0.4 is 14.4 Å². The molecule has 0 radical (unpaired) electrons. The number of piperazine rings is 1. The number of hydrogen-bond acceptors (Lipinski definition) is 7. The molecule has 2 aromatic rings. The van der Waals surface area contributed by atoms with E-state index in [-0.39, 0.29) is 12.0 Å². The van der Waals surface area contributed by atoms with Crippen molar-refractivity contribution in [2.24, 2.45) is 0 Å². The molecule has 2 unspecified atom stereocenters. The molecule has 3 aliphatic rings. The molecular weight excluding hydrogens is 370 g/mol. The van der Waals surface area contributed by atoms with Crippen LogP contribution in [-0.2, 0) is 4.79 Å². The molecule has 0 N–H and O–H groups in total. The Morgan fingerprint density at radius 3 is 2.31 bits per heavy atom. The Morgan fingerprint density at radius 1 is 0.966 bits per heavy atom. The molecule has 2 fully saturated rings. The minimum Gasteiger partial charge on any atom is -0.482 e. The maximum absolute atomic E-state index is 12.9. The molecule has 1 amide bonds. The van der Waals surface area contributed by atoms with Gasteiger partial charge in [0.2, 0.25) is 12.1 Å². The summed E-state index contributed by atoms with van der Waals surface area (Å²) in [4.78, 5) is 28.2. The molecular formula is C21H25N5O3. The van der Waals surface area contributed by atoms with E-state index in [0.29, 0.717) is 17.5 Å². The third-order valence-corrected chi connectivity index (χ3v) is 5.93. The van der Waals surface area contributed by atoms with Crippen LogP contribution in [0.25, 0.3) is 0 Å². The first-order valence-electron chi connectivity index (χ1n) is 10.2. The average molecular weight is 395 g/mol. The molecule has 1 aromatic carbocycles. The smallest absolute Gasteiger partial charge is 0.267 e. The van der Waals surface area contributed by atoms with Crippen molar-refractivity contribution >= 4 is 11.9 Å². The number of carbonyl (C=O) groups excluding carboxylic acids is 1. The number of amides is 1. The average Bonchev–Trinajstić information content (AvgIpc) is 2.73. The molecule has 5 rings (SSSR count). The Morgan fingerprint density at radius 2 is 1.62 bits per heavy atom. The van der Waals surface area contributed by atoms with E-state index in [4.69, 9.17) is 9.47 Å². The lowest BCUT2D eigenvalue weighted by Crippen LogP contribution is -2.66. The van der Waals surface area contributed by atoms with E-state index >= 15 is 0 Å². The Bertz CT molecular complexity index is 866. The lowest BCUT2D eigenvalue weighted by atomic mass is 10.0. The van der Waals surface area contributed by atoms with Crippen LogP contribution in [0.4, 0.5) is 5.95 Å². The molecule has 0 bridgehead atoms. The molecule has 2 saturated heterocycles. The van der Waals surface area contributed by atoms with Crippen molar-refractivity contribution < 1.29 is 14.3 Å². The Kier molecular flexibility index (Phi) is 4.71. The highest BCUT2D eigenvalue weighted by Crippen LogP contribution is 2.34.